The highest BCUT2D eigenvalue weighted by molar-refractivity contribution is 5.76. The van der Waals surface area contributed by atoms with Crippen molar-refractivity contribution in [2.75, 3.05) is 6.54 Å². The quantitative estimate of drug-likeness (QED) is 0.752. The van der Waals surface area contributed by atoms with Crippen LogP contribution in [-0.2, 0) is 4.79 Å². The van der Waals surface area contributed by atoms with Crippen molar-refractivity contribution in [1.82, 2.24) is 5.32 Å². The molecule has 3 N–H and O–H groups in total. The van der Waals surface area contributed by atoms with Crippen LogP contribution in [0.2, 0.25) is 0 Å². The molecular weight excluding hydrogens is 248 g/mol. The number of hydrogen-bond acceptors (Lipinski definition) is 2. The van der Waals surface area contributed by atoms with E-state index in [4.69, 9.17) is 5.73 Å². The molecule has 4 unspecified atom stereocenters. The number of carbonyl (C=O) groups excluding carboxylic acids is 1. The Bertz CT molecular complexity index is 291. The van der Waals surface area contributed by atoms with Crippen LogP contribution in [0, 0.1) is 23.7 Å². The van der Waals surface area contributed by atoms with Gasteiger partial charge in [-0.2, -0.15) is 0 Å². The van der Waals surface area contributed by atoms with Gasteiger partial charge in [0, 0.05) is 12.5 Å². The first-order valence-corrected chi connectivity index (χ1v) is 8.43. The predicted octanol–water partition coefficient (Wildman–Crippen LogP) is 3.33. The second-order valence-corrected chi connectivity index (χ2v) is 7.15. The Morgan fingerprint density at radius 3 is 2.45 bits per heavy atom. The zero-order chi connectivity index (χ0) is 15.1. The molecule has 0 bridgehead atoms. The lowest BCUT2D eigenvalue weighted by Gasteiger charge is -2.32. The minimum Gasteiger partial charge on any atom is -0.353 e. The monoisotopic (exact) mass is 282 g/mol. The summed E-state index contributed by atoms with van der Waals surface area (Å²) in [5.74, 6) is 2.96. The number of amides is 1. The fraction of sp³-hybridized carbons (Fsp3) is 0.941. The van der Waals surface area contributed by atoms with Crippen LogP contribution < -0.4 is 11.1 Å². The fourth-order valence-corrected chi connectivity index (χ4v) is 3.32. The topological polar surface area (TPSA) is 55.1 Å². The van der Waals surface area contributed by atoms with Gasteiger partial charge in [-0.15, -0.1) is 0 Å². The van der Waals surface area contributed by atoms with Crippen molar-refractivity contribution in [3.05, 3.63) is 0 Å². The molecule has 1 saturated carbocycles. The summed E-state index contributed by atoms with van der Waals surface area (Å²) in [5, 5.41) is 3.24. The molecule has 1 aliphatic carbocycles. The van der Waals surface area contributed by atoms with Crippen LogP contribution in [0.3, 0.4) is 0 Å². The highest BCUT2D eigenvalue weighted by Gasteiger charge is 2.25. The average molecular weight is 282 g/mol. The highest BCUT2D eigenvalue weighted by Crippen LogP contribution is 2.29. The standard InChI is InChI=1S/C17H34N2O/c1-12(2)15(9-10-18)6-8-17(20)19-16-7-5-13(3)14(4)11-16/h12-16H,5-11,18H2,1-4H3,(H,19,20). The molecule has 0 spiro atoms. The Morgan fingerprint density at radius 2 is 1.90 bits per heavy atom. The van der Waals surface area contributed by atoms with E-state index < -0.39 is 0 Å². The molecule has 0 radical (unpaired) electrons. The van der Waals surface area contributed by atoms with E-state index in [1.54, 1.807) is 0 Å². The Balaban J connectivity index is 2.29. The van der Waals surface area contributed by atoms with Gasteiger partial charge in [-0.3, -0.25) is 4.79 Å². The molecule has 4 atom stereocenters. The normalized spacial score (nSPS) is 28.4. The summed E-state index contributed by atoms with van der Waals surface area (Å²) < 4.78 is 0. The molecule has 0 aliphatic heterocycles. The Morgan fingerprint density at radius 1 is 1.20 bits per heavy atom. The first-order chi connectivity index (χ1) is 9.43. The Hall–Kier alpha value is -0.570. The van der Waals surface area contributed by atoms with Crippen molar-refractivity contribution in [3.8, 4) is 0 Å². The van der Waals surface area contributed by atoms with Crippen LogP contribution in [0.1, 0.15) is 66.2 Å². The molecular formula is C17H34N2O. The van der Waals surface area contributed by atoms with Gasteiger partial charge in [-0.25, -0.2) is 0 Å². The lowest BCUT2D eigenvalue weighted by Crippen LogP contribution is -2.40. The number of nitrogens with two attached hydrogens (primary N) is 1. The van der Waals surface area contributed by atoms with Gasteiger partial charge < -0.3 is 11.1 Å². The molecule has 20 heavy (non-hydrogen) atoms. The number of hydrogen-bond donors (Lipinski definition) is 2. The summed E-state index contributed by atoms with van der Waals surface area (Å²) in [6.07, 6.45) is 6.19. The summed E-state index contributed by atoms with van der Waals surface area (Å²) in [6.45, 7) is 9.80. The number of carbonyl (C=O) groups is 1. The SMILES string of the molecule is CC(C)C(CCN)CCC(=O)NC1CCC(C)C(C)C1. The summed E-state index contributed by atoms with van der Waals surface area (Å²) in [7, 11) is 0. The number of nitrogens with one attached hydrogen (secondary N) is 1. The van der Waals surface area contributed by atoms with Gasteiger partial charge >= 0.3 is 0 Å². The van der Waals surface area contributed by atoms with Crippen molar-refractivity contribution in [1.29, 1.82) is 0 Å². The van der Waals surface area contributed by atoms with E-state index in [1.807, 2.05) is 0 Å². The molecule has 1 aliphatic rings. The van der Waals surface area contributed by atoms with Crippen molar-refractivity contribution in [3.63, 3.8) is 0 Å². The van der Waals surface area contributed by atoms with Gasteiger partial charge in [0.2, 0.25) is 5.91 Å². The van der Waals surface area contributed by atoms with Crippen LogP contribution in [0.15, 0.2) is 0 Å². The molecule has 1 rings (SSSR count). The van der Waals surface area contributed by atoms with Gasteiger partial charge in [0.05, 0.1) is 0 Å². The minimum absolute atomic E-state index is 0.236. The Labute approximate surface area is 125 Å². The van der Waals surface area contributed by atoms with Gasteiger partial charge in [0.15, 0.2) is 0 Å². The van der Waals surface area contributed by atoms with Crippen LogP contribution >= 0.6 is 0 Å². The van der Waals surface area contributed by atoms with E-state index in [9.17, 15) is 4.79 Å². The van der Waals surface area contributed by atoms with Gasteiger partial charge in [-0.1, -0.05) is 27.7 Å². The highest BCUT2D eigenvalue weighted by atomic mass is 16.1. The third-order valence-corrected chi connectivity index (χ3v) is 5.19. The molecule has 0 aromatic carbocycles. The summed E-state index contributed by atoms with van der Waals surface area (Å²) in [4.78, 5) is 12.1. The lowest BCUT2D eigenvalue weighted by atomic mass is 9.79. The van der Waals surface area contributed by atoms with Crippen LogP contribution in [-0.4, -0.2) is 18.5 Å². The first kappa shape index (κ1) is 17.5. The van der Waals surface area contributed by atoms with E-state index in [1.165, 1.54) is 6.42 Å². The van der Waals surface area contributed by atoms with E-state index in [-0.39, 0.29) is 5.91 Å². The summed E-state index contributed by atoms with van der Waals surface area (Å²) >= 11 is 0. The second kappa shape index (κ2) is 8.66. The molecule has 1 amide bonds. The average Bonchev–Trinajstić information content (AvgIpc) is 2.38. The number of rotatable bonds is 7. The fourth-order valence-electron chi connectivity index (χ4n) is 3.32. The summed E-state index contributed by atoms with van der Waals surface area (Å²) in [5.41, 5.74) is 5.65. The lowest BCUT2D eigenvalue weighted by molar-refractivity contribution is -0.122. The molecule has 0 saturated heterocycles. The Kier molecular flexibility index (Phi) is 7.57. The smallest absolute Gasteiger partial charge is 0.220 e. The van der Waals surface area contributed by atoms with E-state index in [0.717, 1.165) is 44.1 Å². The van der Waals surface area contributed by atoms with Crippen molar-refractivity contribution in [2.24, 2.45) is 29.4 Å². The third kappa shape index (κ3) is 5.82. The van der Waals surface area contributed by atoms with Crippen molar-refractivity contribution in [2.45, 2.75) is 72.3 Å². The molecule has 0 aromatic heterocycles. The van der Waals surface area contributed by atoms with Crippen LogP contribution in [0.5, 0.6) is 0 Å². The maximum absolute atomic E-state index is 12.1. The molecule has 0 aromatic rings. The van der Waals surface area contributed by atoms with Gasteiger partial charge in [-0.05, 0) is 62.3 Å². The zero-order valence-electron chi connectivity index (χ0n) is 13.8. The van der Waals surface area contributed by atoms with Crippen LogP contribution in [0.25, 0.3) is 0 Å². The van der Waals surface area contributed by atoms with E-state index >= 15 is 0 Å². The summed E-state index contributed by atoms with van der Waals surface area (Å²) in [6, 6.07) is 0.403. The van der Waals surface area contributed by atoms with Gasteiger partial charge in [0.25, 0.3) is 0 Å². The molecule has 0 heterocycles. The maximum Gasteiger partial charge on any atom is 0.220 e. The van der Waals surface area contributed by atoms with E-state index in [0.29, 0.717) is 24.3 Å². The zero-order valence-corrected chi connectivity index (χ0v) is 13.8. The predicted molar refractivity (Wildman–Crippen MR) is 85.3 cm³/mol. The van der Waals surface area contributed by atoms with Crippen molar-refractivity contribution >= 4 is 5.91 Å². The molecule has 118 valence electrons. The molecule has 1 fully saturated rings. The molecule has 3 nitrogen and oxygen atoms in total. The first-order valence-electron chi connectivity index (χ1n) is 8.43. The minimum atomic E-state index is 0.236. The largest absolute Gasteiger partial charge is 0.353 e. The maximum atomic E-state index is 12.1. The van der Waals surface area contributed by atoms with Gasteiger partial charge in [0.1, 0.15) is 0 Å². The third-order valence-electron chi connectivity index (χ3n) is 5.19. The van der Waals surface area contributed by atoms with Crippen molar-refractivity contribution < 1.29 is 4.79 Å². The van der Waals surface area contributed by atoms with E-state index in [2.05, 4.69) is 33.0 Å². The molecule has 3 heteroatoms. The second-order valence-electron chi connectivity index (χ2n) is 7.15. The van der Waals surface area contributed by atoms with Crippen LogP contribution in [0.4, 0.5) is 0 Å².